The summed E-state index contributed by atoms with van der Waals surface area (Å²) in [7, 11) is 1.38. The number of thiophene rings is 1. The van der Waals surface area contributed by atoms with Crippen LogP contribution in [0.5, 0.6) is 0 Å². The first-order valence-corrected chi connectivity index (χ1v) is 4.32. The molecule has 1 heterocycles. The van der Waals surface area contributed by atoms with E-state index in [4.69, 9.17) is 0 Å². The van der Waals surface area contributed by atoms with Gasteiger partial charge in [0, 0.05) is 11.8 Å². The van der Waals surface area contributed by atoms with Crippen LogP contribution in [0.4, 0.5) is 4.79 Å². The van der Waals surface area contributed by atoms with E-state index in [1.54, 1.807) is 0 Å². The number of methoxy groups -OCH3 is 1. The average Bonchev–Trinajstić information content (AvgIpc) is 2.40. The zero-order valence-electron chi connectivity index (χ0n) is 5.37. The Bertz CT molecular complexity index is 206. The van der Waals surface area contributed by atoms with Gasteiger partial charge in [-0.05, 0) is 11.4 Å². The number of hydrogen-bond acceptors (Lipinski definition) is 4. The Morgan fingerprint density at radius 1 is 1.80 bits per heavy atom. The Balaban J connectivity index is 2.48. The summed E-state index contributed by atoms with van der Waals surface area (Å²) in [4.78, 5) is 10.6. The van der Waals surface area contributed by atoms with Crippen LogP contribution >= 0.6 is 23.1 Å². The SMILES string of the molecule is COC(=O)Sc1cccs1. The molecule has 0 saturated carbocycles. The van der Waals surface area contributed by atoms with Crippen molar-refractivity contribution in [1.29, 1.82) is 0 Å². The molecule has 0 N–H and O–H groups in total. The van der Waals surface area contributed by atoms with Gasteiger partial charge in [0.05, 0.1) is 11.3 Å². The van der Waals surface area contributed by atoms with Crippen molar-refractivity contribution >= 4 is 28.4 Å². The molecule has 0 atom stereocenters. The number of carbonyl (C=O) groups excluding carboxylic acids is 1. The lowest BCUT2D eigenvalue weighted by atomic mass is 10.7. The van der Waals surface area contributed by atoms with Crippen LogP contribution in [0.3, 0.4) is 0 Å². The molecule has 0 fully saturated rings. The monoisotopic (exact) mass is 174 g/mol. The summed E-state index contributed by atoms with van der Waals surface area (Å²) in [6.07, 6.45) is 0. The van der Waals surface area contributed by atoms with E-state index in [2.05, 4.69) is 4.74 Å². The fourth-order valence-corrected chi connectivity index (χ4v) is 1.85. The zero-order chi connectivity index (χ0) is 7.40. The highest BCUT2D eigenvalue weighted by Crippen LogP contribution is 2.24. The Morgan fingerprint density at radius 2 is 2.60 bits per heavy atom. The van der Waals surface area contributed by atoms with E-state index >= 15 is 0 Å². The molecule has 0 saturated heterocycles. The summed E-state index contributed by atoms with van der Waals surface area (Å²) >= 11 is 2.64. The summed E-state index contributed by atoms with van der Waals surface area (Å²) in [5.74, 6) is 0. The Hall–Kier alpha value is -0.480. The van der Waals surface area contributed by atoms with Crippen LogP contribution in [0.15, 0.2) is 21.7 Å². The molecule has 0 unspecified atom stereocenters. The summed E-state index contributed by atoms with van der Waals surface area (Å²) in [5, 5.41) is 1.66. The lowest BCUT2D eigenvalue weighted by Crippen LogP contribution is -1.87. The van der Waals surface area contributed by atoms with Gasteiger partial charge in [0.25, 0.3) is 0 Å². The molecule has 1 aromatic heterocycles. The van der Waals surface area contributed by atoms with Gasteiger partial charge in [-0.2, -0.15) is 0 Å². The van der Waals surface area contributed by atoms with Crippen LogP contribution in [-0.4, -0.2) is 12.4 Å². The standard InChI is InChI=1S/C6H6O2S2/c1-8-6(7)10-5-3-2-4-9-5/h2-4H,1H3. The first-order valence-electron chi connectivity index (χ1n) is 2.62. The van der Waals surface area contributed by atoms with Crippen LogP contribution < -0.4 is 0 Å². The average molecular weight is 174 g/mol. The van der Waals surface area contributed by atoms with Crippen LogP contribution in [0.2, 0.25) is 0 Å². The topological polar surface area (TPSA) is 26.3 Å². The van der Waals surface area contributed by atoms with Gasteiger partial charge in [-0.15, -0.1) is 11.3 Å². The normalized spacial score (nSPS) is 9.30. The van der Waals surface area contributed by atoms with Crippen LogP contribution in [0, 0.1) is 0 Å². The molecule has 0 aromatic carbocycles. The quantitative estimate of drug-likeness (QED) is 0.483. The predicted molar refractivity (Wildman–Crippen MR) is 42.6 cm³/mol. The number of rotatable bonds is 1. The fraction of sp³-hybridized carbons (Fsp3) is 0.167. The highest BCUT2D eigenvalue weighted by molar-refractivity contribution is 8.14. The first kappa shape index (κ1) is 7.63. The van der Waals surface area contributed by atoms with Gasteiger partial charge in [-0.1, -0.05) is 6.07 Å². The number of carbonyl (C=O) groups is 1. The van der Waals surface area contributed by atoms with Crippen molar-refractivity contribution in [3.05, 3.63) is 17.5 Å². The third-order valence-electron chi connectivity index (χ3n) is 0.846. The predicted octanol–water partition coefficient (Wildman–Crippen LogP) is 2.61. The summed E-state index contributed by atoms with van der Waals surface area (Å²) in [6.45, 7) is 0. The third kappa shape index (κ3) is 2.04. The summed E-state index contributed by atoms with van der Waals surface area (Å²) < 4.78 is 5.42. The van der Waals surface area contributed by atoms with Gasteiger partial charge < -0.3 is 4.74 Å². The second-order valence-electron chi connectivity index (χ2n) is 1.49. The molecule has 0 bridgehead atoms. The molecule has 0 aliphatic rings. The highest BCUT2D eigenvalue weighted by Gasteiger charge is 2.02. The number of thioether (sulfide) groups is 1. The molecule has 0 spiro atoms. The van der Waals surface area contributed by atoms with Crippen LogP contribution in [0.25, 0.3) is 0 Å². The molecule has 0 aliphatic heterocycles. The van der Waals surface area contributed by atoms with E-state index < -0.39 is 0 Å². The molecule has 2 nitrogen and oxygen atoms in total. The molecule has 4 heteroatoms. The molecular weight excluding hydrogens is 168 g/mol. The Kier molecular flexibility index (Phi) is 2.77. The largest absolute Gasteiger partial charge is 0.461 e. The van der Waals surface area contributed by atoms with Gasteiger partial charge in [0.2, 0.25) is 0 Å². The van der Waals surface area contributed by atoms with E-state index in [1.807, 2.05) is 17.5 Å². The van der Waals surface area contributed by atoms with E-state index in [-0.39, 0.29) is 5.30 Å². The van der Waals surface area contributed by atoms with Crippen molar-refractivity contribution < 1.29 is 9.53 Å². The maximum absolute atomic E-state index is 10.6. The van der Waals surface area contributed by atoms with Crippen molar-refractivity contribution in [2.45, 2.75) is 4.21 Å². The van der Waals surface area contributed by atoms with Crippen molar-refractivity contribution in [3.63, 3.8) is 0 Å². The van der Waals surface area contributed by atoms with Crippen LogP contribution in [0.1, 0.15) is 0 Å². The Labute approximate surface area is 67.2 Å². The molecule has 54 valence electrons. The highest BCUT2D eigenvalue weighted by atomic mass is 32.2. The molecule has 1 rings (SSSR count). The van der Waals surface area contributed by atoms with Crippen molar-refractivity contribution in [3.8, 4) is 0 Å². The van der Waals surface area contributed by atoms with E-state index in [9.17, 15) is 4.79 Å². The Morgan fingerprint density at radius 3 is 3.10 bits per heavy atom. The second-order valence-corrected chi connectivity index (χ2v) is 3.67. The maximum atomic E-state index is 10.6. The van der Waals surface area contributed by atoms with Crippen molar-refractivity contribution in [1.82, 2.24) is 0 Å². The van der Waals surface area contributed by atoms with Gasteiger partial charge in [0.15, 0.2) is 0 Å². The first-order chi connectivity index (χ1) is 4.83. The summed E-state index contributed by atoms with van der Waals surface area (Å²) in [6, 6.07) is 3.78. The minimum Gasteiger partial charge on any atom is -0.461 e. The van der Waals surface area contributed by atoms with Crippen LogP contribution in [-0.2, 0) is 4.74 Å². The van der Waals surface area contributed by atoms with Gasteiger partial charge in [-0.3, -0.25) is 0 Å². The number of hydrogen-bond donors (Lipinski definition) is 0. The zero-order valence-corrected chi connectivity index (χ0v) is 7.00. The molecular formula is C6H6O2S2. The minimum absolute atomic E-state index is 0.262. The summed E-state index contributed by atoms with van der Waals surface area (Å²) in [5.41, 5.74) is 0. The van der Waals surface area contributed by atoms with E-state index in [1.165, 1.54) is 18.4 Å². The fourth-order valence-electron chi connectivity index (χ4n) is 0.445. The van der Waals surface area contributed by atoms with Gasteiger partial charge in [0.1, 0.15) is 0 Å². The maximum Gasteiger partial charge on any atom is 0.372 e. The van der Waals surface area contributed by atoms with Gasteiger partial charge in [-0.25, -0.2) is 4.79 Å². The molecule has 0 aliphatic carbocycles. The van der Waals surface area contributed by atoms with Crippen molar-refractivity contribution in [2.75, 3.05) is 7.11 Å². The molecule has 0 radical (unpaired) electrons. The second kappa shape index (κ2) is 3.63. The minimum atomic E-state index is -0.262. The van der Waals surface area contributed by atoms with E-state index in [0.29, 0.717) is 0 Å². The smallest absolute Gasteiger partial charge is 0.372 e. The third-order valence-corrected chi connectivity index (χ3v) is 2.72. The molecule has 0 amide bonds. The lowest BCUT2D eigenvalue weighted by Gasteiger charge is -1.92. The van der Waals surface area contributed by atoms with Crippen molar-refractivity contribution in [2.24, 2.45) is 0 Å². The molecule has 10 heavy (non-hydrogen) atoms. The van der Waals surface area contributed by atoms with Gasteiger partial charge >= 0.3 is 5.30 Å². The molecule has 1 aromatic rings. The van der Waals surface area contributed by atoms with E-state index in [0.717, 1.165) is 16.0 Å². The lowest BCUT2D eigenvalue weighted by molar-refractivity contribution is 0.200. The number of ether oxygens (including phenoxy) is 1.